The Labute approximate surface area is 182 Å². The molecule has 1 aromatic carbocycles. The van der Waals surface area contributed by atoms with Crippen LogP contribution in [0.2, 0.25) is 15.2 Å². The molecular weight excluding hydrogens is 441 g/mol. The fourth-order valence-corrected chi connectivity index (χ4v) is 3.63. The van der Waals surface area contributed by atoms with Crippen molar-refractivity contribution in [1.29, 1.82) is 0 Å². The molecule has 1 amide bonds. The number of anilines is 1. The fraction of sp³-hybridized carbons (Fsp3) is 0.368. The van der Waals surface area contributed by atoms with Crippen LogP contribution in [0.1, 0.15) is 38.2 Å². The van der Waals surface area contributed by atoms with Crippen molar-refractivity contribution in [3.05, 3.63) is 39.0 Å². The van der Waals surface area contributed by atoms with Crippen LogP contribution < -0.4 is 10.1 Å². The zero-order chi connectivity index (χ0) is 21.3. The molecule has 1 heterocycles. The zero-order valence-electron chi connectivity index (χ0n) is 15.9. The molecule has 1 aliphatic rings. The maximum Gasteiger partial charge on any atom is 0.321 e. The van der Waals surface area contributed by atoms with Gasteiger partial charge >= 0.3 is 5.97 Å². The highest BCUT2D eigenvalue weighted by Gasteiger charge is 2.57. The Hall–Kier alpha value is -2.09. The number of carbonyl (C=O) groups excluding carboxylic acids is 2. The van der Waals surface area contributed by atoms with E-state index < -0.39 is 17.3 Å². The topological polar surface area (TPSA) is 90.4 Å². The average molecular weight is 459 g/mol. The molecule has 3 rings (SSSR count). The zero-order valence-corrected chi connectivity index (χ0v) is 18.2. The molecular formula is C19H18Cl3N3O4. The van der Waals surface area contributed by atoms with Crippen LogP contribution in [-0.4, -0.2) is 29.2 Å². The van der Waals surface area contributed by atoms with Gasteiger partial charge in [0.15, 0.2) is 10.9 Å². The van der Waals surface area contributed by atoms with E-state index in [9.17, 15) is 9.59 Å². The molecule has 1 aliphatic carbocycles. The normalized spacial score (nSPS) is 14.4. The third kappa shape index (κ3) is 4.42. The van der Waals surface area contributed by atoms with Gasteiger partial charge in [-0.2, -0.15) is 0 Å². The molecule has 7 nitrogen and oxygen atoms in total. The highest BCUT2D eigenvalue weighted by molar-refractivity contribution is 6.37. The largest absolute Gasteiger partial charge is 0.468 e. The van der Waals surface area contributed by atoms with Crippen molar-refractivity contribution < 1.29 is 19.1 Å². The number of nitrogens with zero attached hydrogens (tertiary/aromatic N) is 2. The highest BCUT2D eigenvalue weighted by atomic mass is 35.5. The van der Waals surface area contributed by atoms with Gasteiger partial charge in [-0.05, 0) is 36.5 Å². The minimum absolute atomic E-state index is 0.119. The molecule has 0 spiro atoms. The summed E-state index contributed by atoms with van der Waals surface area (Å²) in [5, 5.41) is 11.0. The maximum atomic E-state index is 12.5. The van der Waals surface area contributed by atoms with Gasteiger partial charge in [-0.25, -0.2) is 0 Å². The molecule has 0 unspecified atom stereocenters. The van der Waals surface area contributed by atoms with Gasteiger partial charge in [-0.15, -0.1) is 10.2 Å². The number of rotatable bonds is 6. The van der Waals surface area contributed by atoms with E-state index in [0.29, 0.717) is 23.7 Å². The molecule has 0 bridgehead atoms. The summed E-state index contributed by atoms with van der Waals surface area (Å²) in [5.41, 5.74) is -0.0439. The number of nitrogens with one attached hydrogen (secondary N) is 1. The summed E-state index contributed by atoms with van der Waals surface area (Å²) in [5.74, 6) is -0.564. The standard InChI is InChI=1S/C19H18Cl3N3O4/c1-9(2)11-8-14(24-25-16(11)22)29-15-12(20)6-10(7-13(15)21)23-17(26)19(4-5-19)18(27)28-3/h6-9H,4-5H2,1-3H3,(H,23,26). The number of halogens is 3. The van der Waals surface area contributed by atoms with Crippen LogP contribution in [0.3, 0.4) is 0 Å². The number of hydrogen-bond donors (Lipinski definition) is 1. The summed E-state index contributed by atoms with van der Waals surface area (Å²) in [4.78, 5) is 24.3. The molecule has 154 valence electrons. The molecule has 0 saturated heterocycles. The second-order valence-electron chi connectivity index (χ2n) is 6.98. The Morgan fingerprint density at radius 1 is 1.10 bits per heavy atom. The third-order valence-electron chi connectivity index (χ3n) is 4.60. The number of esters is 1. The first-order valence-corrected chi connectivity index (χ1v) is 9.91. The van der Waals surface area contributed by atoms with Crippen molar-refractivity contribution in [3.8, 4) is 11.6 Å². The van der Waals surface area contributed by atoms with Crippen molar-refractivity contribution >= 4 is 52.4 Å². The first-order chi connectivity index (χ1) is 13.7. The van der Waals surface area contributed by atoms with E-state index >= 15 is 0 Å². The quantitative estimate of drug-likeness (QED) is 0.470. The van der Waals surface area contributed by atoms with Crippen LogP contribution in [0.4, 0.5) is 5.69 Å². The summed E-state index contributed by atoms with van der Waals surface area (Å²) >= 11 is 18.6. The van der Waals surface area contributed by atoms with Gasteiger partial charge < -0.3 is 14.8 Å². The van der Waals surface area contributed by atoms with Crippen molar-refractivity contribution in [2.24, 2.45) is 5.41 Å². The molecule has 1 aromatic heterocycles. The van der Waals surface area contributed by atoms with Gasteiger partial charge in [-0.1, -0.05) is 48.7 Å². The lowest BCUT2D eigenvalue weighted by Gasteiger charge is -2.15. The Morgan fingerprint density at radius 3 is 2.24 bits per heavy atom. The average Bonchev–Trinajstić information content (AvgIpc) is 3.47. The first-order valence-electron chi connectivity index (χ1n) is 8.78. The lowest BCUT2D eigenvalue weighted by atomic mass is 10.1. The molecule has 29 heavy (non-hydrogen) atoms. The van der Waals surface area contributed by atoms with Crippen LogP contribution in [0.25, 0.3) is 0 Å². The molecule has 1 fully saturated rings. The van der Waals surface area contributed by atoms with Gasteiger partial charge in [0.25, 0.3) is 0 Å². The van der Waals surface area contributed by atoms with Gasteiger partial charge in [0, 0.05) is 11.8 Å². The molecule has 1 saturated carbocycles. The Kier molecular flexibility index (Phi) is 6.22. The van der Waals surface area contributed by atoms with Crippen LogP contribution >= 0.6 is 34.8 Å². The highest BCUT2D eigenvalue weighted by Crippen LogP contribution is 2.48. The number of carbonyl (C=O) groups is 2. The van der Waals surface area contributed by atoms with Crippen molar-refractivity contribution in [2.45, 2.75) is 32.6 Å². The van der Waals surface area contributed by atoms with E-state index in [0.717, 1.165) is 5.56 Å². The van der Waals surface area contributed by atoms with E-state index in [1.807, 2.05) is 13.8 Å². The Balaban J connectivity index is 1.81. The number of aromatic nitrogens is 2. The smallest absolute Gasteiger partial charge is 0.321 e. The summed E-state index contributed by atoms with van der Waals surface area (Å²) < 4.78 is 10.4. The van der Waals surface area contributed by atoms with E-state index in [1.165, 1.54) is 19.2 Å². The van der Waals surface area contributed by atoms with E-state index in [4.69, 9.17) is 44.3 Å². The summed E-state index contributed by atoms with van der Waals surface area (Å²) in [6.45, 7) is 3.93. The minimum atomic E-state index is -1.14. The van der Waals surface area contributed by atoms with Crippen molar-refractivity contribution in [3.63, 3.8) is 0 Å². The lowest BCUT2D eigenvalue weighted by Crippen LogP contribution is -2.32. The van der Waals surface area contributed by atoms with E-state index in [2.05, 4.69) is 15.5 Å². The third-order valence-corrected chi connectivity index (χ3v) is 5.45. The van der Waals surface area contributed by atoms with Gasteiger partial charge in [-0.3, -0.25) is 9.59 Å². The predicted molar refractivity (Wildman–Crippen MR) is 110 cm³/mol. The molecule has 0 aliphatic heterocycles. The van der Waals surface area contributed by atoms with Crippen molar-refractivity contribution in [1.82, 2.24) is 10.2 Å². The number of methoxy groups -OCH3 is 1. The van der Waals surface area contributed by atoms with Crippen LogP contribution in [0, 0.1) is 5.41 Å². The predicted octanol–water partition coefficient (Wildman–Crippen LogP) is 5.24. The molecule has 10 heteroatoms. The van der Waals surface area contributed by atoms with Gasteiger partial charge in [0.1, 0.15) is 5.41 Å². The molecule has 2 aromatic rings. The Bertz CT molecular complexity index is 954. The lowest BCUT2D eigenvalue weighted by molar-refractivity contribution is -0.150. The molecule has 1 N–H and O–H groups in total. The molecule has 0 radical (unpaired) electrons. The van der Waals surface area contributed by atoms with E-state index in [-0.39, 0.29) is 27.6 Å². The van der Waals surface area contributed by atoms with E-state index in [1.54, 1.807) is 6.07 Å². The number of ether oxygens (including phenoxy) is 2. The van der Waals surface area contributed by atoms with Gasteiger partial charge in [0.05, 0.1) is 17.2 Å². The SMILES string of the molecule is COC(=O)C1(C(=O)Nc2cc(Cl)c(Oc3cc(C(C)C)c(Cl)nn3)c(Cl)c2)CC1. The number of amides is 1. The minimum Gasteiger partial charge on any atom is -0.468 e. The molecule has 0 atom stereocenters. The Morgan fingerprint density at radius 2 is 1.72 bits per heavy atom. The summed E-state index contributed by atoms with van der Waals surface area (Å²) in [7, 11) is 1.25. The van der Waals surface area contributed by atoms with Crippen molar-refractivity contribution in [2.75, 3.05) is 12.4 Å². The second kappa shape index (κ2) is 8.34. The second-order valence-corrected chi connectivity index (χ2v) is 8.15. The summed E-state index contributed by atoms with van der Waals surface area (Å²) in [6, 6.07) is 4.61. The monoisotopic (exact) mass is 457 g/mol. The number of hydrogen-bond acceptors (Lipinski definition) is 6. The first kappa shape index (κ1) is 21.6. The number of benzene rings is 1. The fourth-order valence-electron chi connectivity index (χ4n) is 2.76. The van der Waals surface area contributed by atoms with Crippen LogP contribution in [0.5, 0.6) is 11.6 Å². The van der Waals surface area contributed by atoms with Gasteiger partial charge in [0.2, 0.25) is 11.8 Å². The maximum absolute atomic E-state index is 12.5. The summed E-state index contributed by atoms with van der Waals surface area (Å²) in [6.07, 6.45) is 0.864. The van der Waals surface area contributed by atoms with Crippen LogP contribution in [0.15, 0.2) is 18.2 Å². The van der Waals surface area contributed by atoms with Crippen LogP contribution in [-0.2, 0) is 14.3 Å².